The van der Waals surface area contributed by atoms with Gasteiger partial charge in [0.05, 0.1) is 0 Å². The van der Waals surface area contributed by atoms with E-state index in [-0.39, 0.29) is 5.60 Å². The van der Waals surface area contributed by atoms with E-state index in [0.717, 1.165) is 30.8 Å². The van der Waals surface area contributed by atoms with Gasteiger partial charge < -0.3 is 10.5 Å². The molecule has 4 heteroatoms. The Morgan fingerprint density at radius 2 is 2.12 bits per heavy atom. The molecule has 1 saturated carbocycles. The van der Waals surface area contributed by atoms with E-state index in [1.54, 1.807) is 7.11 Å². The first-order valence-electron chi connectivity index (χ1n) is 6.38. The summed E-state index contributed by atoms with van der Waals surface area (Å²) >= 11 is 0. The average Bonchev–Trinajstić information content (AvgIpc) is 2.40. The van der Waals surface area contributed by atoms with Gasteiger partial charge in [-0.25, -0.2) is 9.97 Å². The van der Waals surface area contributed by atoms with Crippen LogP contribution in [0.3, 0.4) is 0 Å². The Balaban J connectivity index is 2.26. The Morgan fingerprint density at radius 3 is 2.76 bits per heavy atom. The quantitative estimate of drug-likeness (QED) is 0.864. The molecule has 2 N–H and O–H groups in total. The topological polar surface area (TPSA) is 61.0 Å². The molecule has 1 fully saturated rings. The van der Waals surface area contributed by atoms with E-state index >= 15 is 0 Å². The summed E-state index contributed by atoms with van der Waals surface area (Å²) in [5, 5.41) is 0. The third-order valence-electron chi connectivity index (χ3n) is 3.57. The van der Waals surface area contributed by atoms with E-state index in [0.29, 0.717) is 6.54 Å². The van der Waals surface area contributed by atoms with Crippen molar-refractivity contribution in [3.05, 3.63) is 23.8 Å². The molecule has 4 nitrogen and oxygen atoms in total. The predicted molar refractivity (Wildman–Crippen MR) is 66.6 cm³/mol. The number of hydrogen-bond donors (Lipinski definition) is 1. The van der Waals surface area contributed by atoms with Crippen molar-refractivity contribution in [3.8, 4) is 0 Å². The minimum Gasteiger partial charge on any atom is -0.370 e. The largest absolute Gasteiger partial charge is 0.370 e. The van der Waals surface area contributed by atoms with Crippen molar-refractivity contribution in [1.29, 1.82) is 0 Å². The Bertz CT molecular complexity index is 361. The Morgan fingerprint density at radius 1 is 1.35 bits per heavy atom. The molecule has 94 valence electrons. The summed E-state index contributed by atoms with van der Waals surface area (Å²) in [5.41, 5.74) is 6.32. The Hall–Kier alpha value is -1.00. The Kier molecular flexibility index (Phi) is 4.07. The molecule has 0 bridgehead atoms. The zero-order valence-electron chi connectivity index (χ0n) is 10.5. The van der Waals surface area contributed by atoms with Gasteiger partial charge in [-0.2, -0.15) is 0 Å². The van der Waals surface area contributed by atoms with Crippen molar-refractivity contribution in [2.45, 2.75) is 44.1 Å². The second kappa shape index (κ2) is 5.56. The molecule has 0 aromatic carbocycles. The average molecular weight is 235 g/mol. The number of methoxy groups -OCH3 is 1. The first-order chi connectivity index (χ1) is 8.30. The summed E-state index contributed by atoms with van der Waals surface area (Å²) in [4.78, 5) is 9.02. The molecule has 1 aliphatic carbocycles. The molecule has 0 radical (unpaired) electrons. The van der Waals surface area contributed by atoms with Gasteiger partial charge in [-0.1, -0.05) is 19.3 Å². The van der Waals surface area contributed by atoms with Gasteiger partial charge in [0, 0.05) is 25.4 Å². The van der Waals surface area contributed by atoms with E-state index in [1.165, 1.54) is 19.3 Å². The number of rotatable bonds is 4. The Labute approximate surface area is 103 Å². The predicted octanol–water partition coefficient (Wildman–Crippen LogP) is 1.78. The van der Waals surface area contributed by atoms with Gasteiger partial charge in [-0.15, -0.1) is 0 Å². The fourth-order valence-corrected chi connectivity index (χ4v) is 2.54. The SMILES string of the molecule is COC1(c2nccc(CCN)n2)CCCCC1. The molecule has 0 aliphatic heterocycles. The van der Waals surface area contributed by atoms with Crippen LogP contribution in [0.2, 0.25) is 0 Å². The molecular formula is C13H21N3O. The maximum absolute atomic E-state index is 5.74. The molecule has 17 heavy (non-hydrogen) atoms. The maximum atomic E-state index is 5.74. The highest BCUT2D eigenvalue weighted by Crippen LogP contribution is 2.38. The highest BCUT2D eigenvalue weighted by Gasteiger charge is 2.36. The molecule has 0 atom stereocenters. The van der Waals surface area contributed by atoms with Crippen molar-refractivity contribution >= 4 is 0 Å². The standard InChI is InChI=1S/C13H21N3O/c1-17-13(7-3-2-4-8-13)12-15-10-6-11(16-12)5-9-14/h6,10H,2-5,7-9,14H2,1H3. The first kappa shape index (κ1) is 12.5. The van der Waals surface area contributed by atoms with E-state index in [2.05, 4.69) is 9.97 Å². The van der Waals surface area contributed by atoms with Crippen molar-refractivity contribution < 1.29 is 4.74 Å². The molecular weight excluding hydrogens is 214 g/mol. The van der Waals surface area contributed by atoms with Crippen LogP contribution >= 0.6 is 0 Å². The molecule has 0 unspecified atom stereocenters. The van der Waals surface area contributed by atoms with Crippen LogP contribution in [0.15, 0.2) is 12.3 Å². The summed E-state index contributed by atoms with van der Waals surface area (Å²) in [5.74, 6) is 0.839. The van der Waals surface area contributed by atoms with Crippen LogP contribution in [0.5, 0.6) is 0 Å². The normalized spacial score (nSPS) is 19.2. The fourth-order valence-electron chi connectivity index (χ4n) is 2.54. The summed E-state index contributed by atoms with van der Waals surface area (Å²) in [6, 6.07) is 1.93. The van der Waals surface area contributed by atoms with Crippen LogP contribution in [-0.4, -0.2) is 23.6 Å². The number of nitrogens with zero attached hydrogens (tertiary/aromatic N) is 2. The zero-order chi connectivity index (χ0) is 12.1. The van der Waals surface area contributed by atoms with Gasteiger partial charge in [-0.05, 0) is 25.5 Å². The van der Waals surface area contributed by atoms with Crippen molar-refractivity contribution in [2.24, 2.45) is 5.73 Å². The van der Waals surface area contributed by atoms with Crippen LogP contribution in [0.25, 0.3) is 0 Å². The third kappa shape index (κ3) is 2.64. The highest BCUT2D eigenvalue weighted by atomic mass is 16.5. The smallest absolute Gasteiger partial charge is 0.160 e. The summed E-state index contributed by atoms with van der Waals surface area (Å²) in [6.07, 6.45) is 8.34. The van der Waals surface area contributed by atoms with Gasteiger partial charge in [0.15, 0.2) is 5.82 Å². The van der Waals surface area contributed by atoms with E-state index in [1.807, 2.05) is 12.3 Å². The molecule has 0 amide bonds. The second-order valence-electron chi connectivity index (χ2n) is 4.67. The van der Waals surface area contributed by atoms with Crippen LogP contribution in [0.4, 0.5) is 0 Å². The van der Waals surface area contributed by atoms with Crippen molar-refractivity contribution in [2.75, 3.05) is 13.7 Å². The van der Waals surface area contributed by atoms with Crippen LogP contribution < -0.4 is 5.73 Å². The summed E-state index contributed by atoms with van der Waals surface area (Å²) < 4.78 is 5.74. The lowest BCUT2D eigenvalue weighted by Gasteiger charge is -2.34. The van der Waals surface area contributed by atoms with Gasteiger partial charge in [0.2, 0.25) is 0 Å². The minimum absolute atomic E-state index is 0.261. The molecule has 1 aliphatic rings. The molecule has 1 aromatic heterocycles. The molecule has 0 saturated heterocycles. The van der Waals surface area contributed by atoms with Crippen LogP contribution in [0.1, 0.15) is 43.6 Å². The lowest BCUT2D eigenvalue weighted by Crippen LogP contribution is -2.33. The van der Waals surface area contributed by atoms with Gasteiger partial charge in [0.1, 0.15) is 5.60 Å². The van der Waals surface area contributed by atoms with E-state index < -0.39 is 0 Å². The van der Waals surface area contributed by atoms with Gasteiger partial charge >= 0.3 is 0 Å². The monoisotopic (exact) mass is 235 g/mol. The number of aromatic nitrogens is 2. The maximum Gasteiger partial charge on any atom is 0.160 e. The van der Waals surface area contributed by atoms with Gasteiger partial charge in [-0.3, -0.25) is 0 Å². The second-order valence-corrected chi connectivity index (χ2v) is 4.67. The van der Waals surface area contributed by atoms with Crippen LogP contribution in [-0.2, 0) is 16.8 Å². The number of nitrogens with two attached hydrogens (primary N) is 1. The third-order valence-corrected chi connectivity index (χ3v) is 3.57. The lowest BCUT2D eigenvalue weighted by molar-refractivity contribution is -0.0516. The molecule has 1 heterocycles. The van der Waals surface area contributed by atoms with E-state index in [4.69, 9.17) is 10.5 Å². The molecule has 0 spiro atoms. The van der Waals surface area contributed by atoms with Crippen LogP contribution in [0, 0.1) is 0 Å². The molecule has 1 aromatic rings. The fraction of sp³-hybridized carbons (Fsp3) is 0.692. The van der Waals surface area contributed by atoms with Gasteiger partial charge in [0.25, 0.3) is 0 Å². The number of ether oxygens (including phenoxy) is 1. The lowest BCUT2D eigenvalue weighted by atomic mass is 9.84. The first-order valence-corrected chi connectivity index (χ1v) is 6.38. The van der Waals surface area contributed by atoms with E-state index in [9.17, 15) is 0 Å². The minimum atomic E-state index is -0.261. The summed E-state index contributed by atoms with van der Waals surface area (Å²) in [6.45, 7) is 0.621. The van der Waals surface area contributed by atoms with Crippen molar-refractivity contribution in [3.63, 3.8) is 0 Å². The van der Waals surface area contributed by atoms with Crippen molar-refractivity contribution in [1.82, 2.24) is 9.97 Å². The molecule has 2 rings (SSSR count). The number of hydrogen-bond acceptors (Lipinski definition) is 4. The zero-order valence-corrected chi connectivity index (χ0v) is 10.5. The summed E-state index contributed by atoms with van der Waals surface area (Å²) in [7, 11) is 1.77. The highest BCUT2D eigenvalue weighted by molar-refractivity contribution is 5.10.